The Morgan fingerprint density at radius 1 is 1.03 bits per heavy atom. The van der Waals surface area contributed by atoms with E-state index >= 15 is 0 Å². The molecular weight excluding hydrogens is 408 g/mol. The van der Waals surface area contributed by atoms with Gasteiger partial charge in [-0.2, -0.15) is 0 Å². The van der Waals surface area contributed by atoms with Crippen LogP contribution in [0.4, 0.5) is 0 Å². The van der Waals surface area contributed by atoms with Crippen molar-refractivity contribution in [1.82, 2.24) is 19.9 Å². The zero-order chi connectivity index (χ0) is 21.5. The van der Waals surface area contributed by atoms with Crippen LogP contribution in [0.3, 0.4) is 0 Å². The molecule has 2 aliphatic heterocycles. The minimum atomic E-state index is -0.538. The van der Waals surface area contributed by atoms with Crippen LogP contribution >= 0.6 is 0 Å². The first-order valence-electron chi connectivity index (χ1n) is 11.0. The number of amides is 1. The number of aromatic nitrogens is 2. The van der Waals surface area contributed by atoms with Crippen molar-refractivity contribution in [2.24, 2.45) is 0 Å². The molecule has 2 fully saturated rings. The minimum Gasteiger partial charge on any atom is -0.454 e. The van der Waals surface area contributed by atoms with E-state index in [1.165, 1.54) is 5.56 Å². The number of ether oxygens (including phenoxy) is 2. The van der Waals surface area contributed by atoms with E-state index in [0.29, 0.717) is 11.5 Å². The summed E-state index contributed by atoms with van der Waals surface area (Å²) in [5, 5.41) is 4.30. The van der Waals surface area contributed by atoms with E-state index < -0.39 is 5.41 Å². The molecule has 0 unspecified atom stereocenters. The summed E-state index contributed by atoms with van der Waals surface area (Å²) in [6, 6.07) is 11.6. The molecule has 0 spiro atoms. The van der Waals surface area contributed by atoms with Crippen molar-refractivity contribution >= 4 is 5.91 Å². The number of carbonyl (C=O) groups is 1. The molecule has 1 aromatic carbocycles. The Morgan fingerprint density at radius 3 is 2.66 bits per heavy atom. The van der Waals surface area contributed by atoms with Gasteiger partial charge in [-0.05, 0) is 42.7 Å². The van der Waals surface area contributed by atoms with E-state index in [1.807, 2.05) is 41.4 Å². The fourth-order valence-corrected chi connectivity index (χ4v) is 4.55. The molecule has 0 atom stereocenters. The molecule has 1 saturated carbocycles. The zero-order valence-corrected chi connectivity index (χ0v) is 17.7. The first-order chi connectivity index (χ1) is 15.7. The van der Waals surface area contributed by atoms with E-state index in [1.54, 1.807) is 6.20 Å². The summed E-state index contributed by atoms with van der Waals surface area (Å²) in [6.45, 7) is 4.27. The van der Waals surface area contributed by atoms with E-state index in [-0.39, 0.29) is 12.7 Å². The van der Waals surface area contributed by atoms with Crippen LogP contribution < -0.4 is 9.47 Å². The van der Waals surface area contributed by atoms with Crippen molar-refractivity contribution in [3.05, 3.63) is 60.0 Å². The Morgan fingerprint density at radius 2 is 1.88 bits per heavy atom. The maximum absolute atomic E-state index is 13.4. The number of pyridine rings is 1. The lowest BCUT2D eigenvalue weighted by Crippen LogP contribution is -2.51. The molecule has 1 aliphatic carbocycles. The van der Waals surface area contributed by atoms with Crippen LogP contribution in [0.25, 0.3) is 11.3 Å². The lowest BCUT2D eigenvalue weighted by atomic mass is 9.99. The van der Waals surface area contributed by atoms with Gasteiger partial charge in [0.15, 0.2) is 17.3 Å². The molecule has 6 rings (SSSR count). The van der Waals surface area contributed by atoms with Crippen LogP contribution in [0.2, 0.25) is 0 Å². The third kappa shape index (κ3) is 3.40. The third-order valence-electron chi connectivity index (χ3n) is 6.61. The van der Waals surface area contributed by atoms with Gasteiger partial charge in [0.2, 0.25) is 12.7 Å². The van der Waals surface area contributed by atoms with Crippen LogP contribution in [0.15, 0.2) is 53.3 Å². The predicted molar refractivity (Wildman–Crippen MR) is 115 cm³/mol. The molecule has 8 heteroatoms. The second-order valence-corrected chi connectivity index (χ2v) is 8.66. The van der Waals surface area contributed by atoms with Crippen molar-refractivity contribution < 1.29 is 18.8 Å². The van der Waals surface area contributed by atoms with Crippen LogP contribution in [0.1, 0.15) is 24.1 Å². The summed E-state index contributed by atoms with van der Waals surface area (Å²) in [4.78, 5) is 22.0. The smallest absolute Gasteiger partial charge is 0.235 e. The van der Waals surface area contributed by atoms with E-state index in [2.05, 4.69) is 21.1 Å². The van der Waals surface area contributed by atoms with Crippen molar-refractivity contribution in [2.45, 2.75) is 24.8 Å². The van der Waals surface area contributed by atoms with Gasteiger partial charge in [0.25, 0.3) is 0 Å². The maximum Gasteiger partial charge on any atom is 0.235 e. The normalized spacial score (nSPS) is 19.2. The number of piperazine rings is 1. The number of carbonyl (C=O) groups excluding carboxylic acids is 1. The number of rotatable bonds is 5. The summed E-state index contributed by atoms with van der Waals surface area (Å²) in [7, 11) is 0. The van der Waals surface area contributed by atoms with Gasteiger partial charge in [-0.25, -0.2) is 0 Å². The highest BCUT2D eigenvalue weighted by molar-refractivity contribution is 5.91. The minimum absolute atomic E-state index is 0.170. The maximum atomic E-state index is 13.4. The van der Waals surface area contributed by atoms with Crippen molar-refractivity contribution in [1.29, 1.82) is 0 Å². The van der Waals surface area contributed by atoms with Crippen molar-refractivity contribution in [3.63, 3.8) is 0 Å². The fourth-order valence-electron chi connectivity index (χ4n) is 4.55. The molecular formula is C24H24N4O4. The number of fused-ring (bicyclic) bond motifs is 1. The Hall–Kier alpha value is -3.39. The van der Waals surface area contributed by atoms with Crippen LogP contribution in [0, 0.1) is 0 Å². The molecule has 3 aliphatic rings. The van der Waals surface area contributed by atoms with Gasteiger partial charge in [-0.1, -0.05) is 11.2 Å². The molecule has 4 heterocycles. The molecule has 1 saturated heterocycles. The van der Waals surface area contributed by atoms with Gasteiger partial charge in [-0.3, -0.25) is 14.7 Å². The third-order valence-corrected chi connectivity index (χ3v) is 6.61. The molecule has 0 bridgehead atoms. The molecule has 8 nitrogen and oxygen atoms in total. The average Bonchev–Trinajstić information content (AvgIpc) is 3.26. The van der Waals surface area contributed by atoms with Gasteiger partial charge < -0.3 is 18.9 Å². The Balaban J connectivity index is 1.13. The van der Waals surface area contributed by atoms with Crippen molar-refractivity contribution in [2.75, 3.05) is 33.0 Å². The molecule has 32 heavy (non-hydrogen) atoms. The highest BCUT2D eigenvalue weighted by Crippen LogP contribution is 2.50. The number of hydrogen-bond acceptors (Lipinski definition) is 7. The van der Waals surface area contributed by atoms with Crippen LogP contribution in [-0.4, -0.2) is 58.8 Å². The number of nitrogens with zero attached hydrogens (tertiary/aromatic N) is 4. The molecule has 2 aromatic heterocycles. The lowest BCUT2D eigenvalue weighted by molar-refractivity contribution is -0.136. The Labute approximate surface area is 185 Å². The summed E-state index contributed by atoms with van der Waals surface area (Å²) in [6.07, 6.45) is 5.32. The standard InChI is InChI=1S/C24H24N4O4/c29-23(28-10-8-27(9-11-28)15-17-2-1-7-25-14-17)24(5-6-24)22-13-20(32-26-22)18-3-4-19-21(12-18)31-16-30-19/h1-4,7,12-14H,5-6,8-11,15-16H2. The SMILES string of the molecule is O=C(N1CCN(Cc2cccnc2)CC1)C1(c2cc(-c3ccc4c(c3)OCO4)on2)CC1. The summed E-state index contributed by atoms with van der Waals surface area (Å²) in [5.74, 6) is 2.23. The highest BCUT2D eigenvalue weighted by atomic mass is 16.7. The summed E-state index contributed by atoms with van der Waals surface area (Å²) >= 11 is 0. The van der Waals surface area contributed by atoms with Gasteiger partial charge in [0.1, 0.15) is 0 Å². The van der Waals surface area contributed by atoms with E-state index in [0.717, 1.165) is 62.6 Å². The summed E-state index contributed by atoms with van der Waals surface area (Å²) in [5.41, 5.74) is 2.25. The first-order valence-corrected chi connectivity index (χ1v) is 11.0. The average molecular weight is 432 g/mol. The van der Waals surface area contributed by atoms with E-state index in [9.17, 15) is 4.79 Å². The lowest BCUT2D eigenvalue weighted by Gasteiger charge is -2.36. The highest BCUT2D eigenvalue weighted by Gasteiger charge is 2.55. The fraction of sp³-hybridized carbons (Fsp3) is 0.375. The zero-order valence-electron chi connectivity index (χ0n) is 17.7. The van der Waals surface area contributed by atoms with Crippen LogP contribution in [-0.2, 0) is 16.8 Å². The van der Waals surface area contributed by atoms with Gasteiger partial charge in [-0.15, -0.1) is 0 Å². The van der Waals surface area contributed by atoms with E-state index in [4.69, 9.17) is 14.0 Å². The molecule has 3 aromatic rings. The van der Waals surface area contributed by atoms with Gasteiger partial charge >= 0.3 is 0 Å². The molecule has 1 amide bonds. The van der Waals surface area contributed by atoms with Gasteiger partial charge in [0, 0.05) is 56.7 Å². The van der Waals surface area contributed by atoms with Crippen LogP contribution in [0.5, 0.6) is 11.5 Å². The quantitative estimate of drug-likeness (QED) is 0.613. The monoisotopic (exact) mass is 432 g/mol. The molecule has 0 radical (unpaired) electrons. The second-order valence-electron chi connectivity index (χ2n) is 8.66. The Kier molecular flexibility index (Phi) is 4.61. The number of benzene rings is 1. The number of hydrogen-bond donors (Lipinski definition) is 0. The topological polar surface area (TPSA) is 80.9 Å². The molecule has 164 valence electrons. The molecule has 0 N–H and O–H groups in total. The Bertz CT molecular complexity index is 1130. The largest absolute Gasteiger partial charge is 0.454 e. The summed E-state index contributed by atoms with van der Waals surface area (Å²) < 4.78 is 16.5. The van der Waals surface area contributed by atoms with Gasteiger partial charge in [0.05, 0.1) is 11.1 Å². The predicted octanol–water partition coefficient (Wildman–Crippen LogP) is 2.84. The second kappa shape index (κ2) is 7.63. The van der Waals surface area contributed by atoms with Crippen molar-refractivity contribution in [3.8, 4) is 22.8 Å². The first kappa shape index (κ1) is 19.3.